The minimum atomic E-state index is -1.45. The van der Waals surface area contributed by atoms with Gasteiger partial charge in [0.25, 0.3) is 0 Å². The number of carbonyl (C=O) groups is 1. The van der Waals surface area contributed by atoms with Crippen molar-refractivity contribution in [2.24, 2.45) is 0 Å². The minimum Gasteiger partial charge on any atom is -0.465 e. The molecule has 5 heteroatoms. The first kappa shape index (κ1) is 16.1. The number of hydrogen-bond acceptors (Lipinski definition) is 3. The van der Waals surface area contributed by atoms with Gasteiger partial charge in [-0.2, -0.15) is 0 Å². The van der Waals surface area contributed by atoms with Crippen LogP contribution in [0.15, 0.2) is 42.7 Å². The summed E-state index contributed by atoms with van der Waals surface area (Å²) in [5.74, 6) is -2.18. The molecule has 0 amide bonds. The first-order chi connectivity index (χ1) is 10.5. The molecule has 3 nitrogen and oxygen atoms in total. The maximum atomic E-state index is 14.2. The molecule has 116 valence electrons. The zero-order chi connectivity index (χ0) is 16.2. The summed E-state index contributed by atoms with van der Waals surface area (Å²) in [6, 6.07) is 6.96. The Kier molecular flexibility index (Phi) is 4.85. The average Bonchev–Trinajstić information content (AvgIpc) is 2.48. The number of aromatic nitrogens is 1. The van der Waals surface area contributed by atoms with Crippen LogP contribution < -0.4 is 0 Å². The number of esters is 1. The Labute approximate surface area is 128 Å². The second kappa shape index (κ2) is 6.64. The van der Waals surface area contributed by atoms with Crippen LogP contribution in [0.2, 0.25) is 0 Å². The van der Waals surface area contributed by atoms with Crippen LogP contribution in [-0.4, -0.2) is 17.6 Å². The summed E-state index contributed by atoms with van der Waals surface area (Å²) in [5.41, 5.74) is -0.981. The highest BCUT2D eigenvalue weighted by molar-refractivity contribution is 5.83. The van der Waals surface area contributed by atoms with Crippen molar-refractivity contribution in [3.63, 3.8) is 0 Å². The third-order valence-corrected chi connectivity index (χ3v) is 3.55. The Bertz CT molecular complexity index is 641. The fraction of sp³-hybridized carbons (Fsp3) is 0.294. The van der Waals surface area contributed by atoms with Gasteiger partial charge in [-0.15, -0.1) is 0 Å². The summed E-state index contributed by atoms with van der Waals surface area (Å²) < 4.78 is 33.4. The van der Waals surface area contributed by atoms with Gasteiger partial charge in [0.05, 0.1) is 12.0 Å². The quantitative estimate of drug-likeness (QED) is 0.795. The number of halogens is 2. The van der Waals surface area contributed by atoms with Crippen LogP contribution in [0.1, 0.15) is 25.0 Å². The van der Waals surface area contributed by atoms with Gasteiger partial charge in [-0.25, -0.2) is 8.78 Å². The Balaban J connectivity index is 2.53. The molecule has 22 heavy (non-hydrogen) atoms. The van der Waals surface area contributed by atoms with Gasteiger partial charge in [0.2, 0.25) is 0 Å². The van der Waals surface area contributed by atoms with E-state index in [1.54, 1.807) is 31.5 Å². The van der Waals surface area contributed by atoms with Crippen LogP contribution in [0.5, 0.6) is 0 Å². The van der Waals surface area contributed by atoms with Gasteiger partial charge >= 0.3 is 5.97 Å². The summed E-state index contributed by atoms with van der Waals surface area (Å²) in [4.78, 5) is 16.3. The maximum absolute atomic E-state index is 14.2. The van der Waals surface area contributed by atoms with Crippen molar-refractivity contribution in [1.29, 1.82) is 0 Å². The lowest BCUT2D eigenvalue weighted by atomic mass is 9.76. The number of rotatable bonds is 5. The molecule has 1 unspecified atom stereocenters. The second-order valence-electron chi connectivity index (χ2n) is 5.18. The van der Waals surface area contributed by atoms with Crippen molar-refractivity contribution >= 4 is 5.97 Å². The van der Waals surface area contributed by atoms with E-state index in [2.05, 4.69) is 4.98 Å². The maximum Gasteiger partial charge on any atom is 0.316 e. The van der Waals surface area contributed by atoms with Crippen LogP contribution >= 0.6 is 0 Å². The highest BCUT2D eigenvalue weighted by atomic mass is 19.1. The Hall–Kier alpha value is -2.30. The molecule has 0 aliphatic heterocycles. The number of ether oxygens (including phenoxy) is 1. The van der Waals surface area contributed by atoms with E-state index < -0.39 is 23.0 Å². The van der Waals surface area contributed by atoms with Gasteiger partial charge < -0.3 is 4.74 Å². The summed E-state index contributed by atoms with van der Waals surface area (Å²) in [6.07, 6.45) is 3.25. The number of pyridine rings is 1. The Morgan fingerprint density at radius 2 is 1.77 bits per heavy atom. The molecular formula is C17H17F2NO2. The SMILES string of the molecule is CCOC(=O)C(C)(Cc1ccncc1)c1c(F)cccc1F. The Morgan fingerprint density at radius 3 is 2.32 bits per heavy atom. The van der Waals surface area contributed by atoms with Crippen molar-refractivity contribution < 1.29 is 18.3 Å². The van der Waals surface area contributed by atoms with Crippen LogP contribution in [0.4, 0.5) is 8.78 Å². The van der Waals surface area contributed by atoms with Gasteiger partial charge in [0, 0.05) is 18.0 Å². The predicted molar refractivity (Wildman–Crippen MR) is 78.3 cm³/mol. The van der Waals surface area contributed by atoms with Gasteiger partial charge in [0.1, 0.15) is 11.6 Å². The van der Waals surface area contributed by atoms with E-state index in [4.69, 9.17) is 4.74 Å². The molecule has 0 saturated heterocycles. The Morgan fingerprint density at radius 1 is 1.18 bits per heavy atom. The average molecular weight is 305 g/mol. The molecule has 0 radical (unpaired) electrons. The van der Waals surface area contributed by atoms with E-state index in [1.165, 1.54) is 13.0 Å². The van der Waals surface area contributed by atoms with E-state index in [-0.39, 0.29) is 18.6 Å². The largest absolute Gasteiger partial charge is 0.465 e. The number of hydrogen-bond donors (Lipinski definition) is 0. The van der Waals surface area contributed by atoms with Gasteiger partial charge in [-0.1, -0.05) is 6.07 Å². The highest BCUT2D eigenvalue weighted by Crippen LogP contribution is 2.33. The molecule has 0 saturated carbocycles. The molecule has 1 heterocycles. The summed E-state index contributed by atoms with van der Waals surface area (Å²) in [5, 5.41) is 0. The molecular weight excluding hydrogens is 288 g/mol. The first-order valence-electron chi connectivity index (χ1n) is 6.99. The molecule has 0 fully saturated rings. The van der Waals surface area contributed by atoms with Crippen molar-refractivity contribution in [3.05, 3.63) is 65.5 Å². The molecule has 0 aliphatic rings. The lowest BCUT2D eigenvalue weighted by Gasteiger charge is -2.28. The van der Waals surface area contributed by atoms with E-state index in [0.717, 1.165) is 17.7 Å². The van der Waals surface area contributed by atoms with Crippen LogP contribution in [0, 0.1) is 11.6 Å². The molecule has 1 aromatic carbocycles. The normalized spacial score (nSPS) is 13.5. The summed E-state index contributed by atoms with van der Waals surface area (Å²) in [7, 11) is 0. The number of carbonyl (C=O) groups excluding carboxylic acids is 1. The lowest BCUT2D eigenvalue weighted by Crippen LogP contribution is -2.38. The van der Waals surface area contributed by atoms with E-state index in [1.807, 2.05) is 0 Å². The molecule has 0 N–H and O–H groups in total. The van der Waals surface area contributed by atoms with E-state index in [9.17, 15) is 13.6 Å². The first-order valence-corrected chi connectivity index (χ1v) is 6.99. The van der Waals surface area contributed by atoms with Crippen molar-refractivity contribution in [1.82, 2.24) is 4.98 Å². The van der Waals surface area contributed by atoms with Crippen LogP contribution in [-0.2, 0) is 21.4 Å². The van der Waals surface area contributed by atoms with Crippen LogP contribution in [0.25, 0.3) is 0 Å². The van der Waals surface area contributed by atoms with Crippen molar-refractivity contribution in [2.75, 3.05) is 6.61 Å². The molecule has 0 spiro atoms. The van der Waals surface area contributed by atoms with Gasteiger partial charge in [-0.3, -0.25) is 9.78 Å². The lowest BCUT2D eigenvalue weighted by molar-refractivity contribution is -0.149. The third-order valence-electron chi connectivity index (χ3n) is 3.55. The summed E-state index contributed by atoms with van der Waals surface area (Å²) >= 11 is 0. The molecule has 1 atom stereocenters. The predicted octanol–water partition coefficient (Wildman–Crippen LogP) is 3.42. The van der Waals surface area contributed by atoms with E-state index in [0.29, 0.717) is 0 Å². The molecule has 2 aromatic rings. The fourth-order valence-corrected chi connectivity index (χ4v) is 2.49. The number of nitrogens with zero attached hydrogens (tertiary/aromatic N) is 1. The highest BCUT2D eigenvalue weighted by Gasteiger charge is 2.41. The zero-order valence-electron chi connectivity index (χ0n) is 12.5. The van der Waals surface area contributed by atoms with Crippen LogP contribution in [0.3, 0.4) is 0 Å². The summed E-state index contributed by atoms with van der Waals surface area (Å²) in [6.45, 7) is 3.29. The van der Waals surface area contributed by atoms with E-state index >= 15 is 0 Å². The fourth-order valence-electron chi connectivity index (χ4n) is 2.49. The van der Waals surface area contributed by atoms with Gasteiger partial charge in [-0.05, 0) is 50.1 Å². The molecule has 1 aromatic heterocycles. The third kappa shape index (κ3) is 3.13. The van der Waals surface area contributed by atoms with Gasteiger partial charge in [0.15, 0.2) is 0 Å². The minimum absolute atomic E-state index is 0.117. The van der Waals surface area contributed by atoms with Crippen molar-refractivity contribution in [3.8, 4) is 0 Å². The topological polar surface area (TPSA) is 39.2 Å². The number of benzene rings is 1. The second-order valence-corrected chi connectivity index (χ2v) is 5.18. The monoisotopic (exact) mass is 305 g/mol. The molecule has 2 rings (SSSR count). The molecule has 0 aliphatic carbocycles. The molecule has 0 bridgehead atoms. The smallest absolute Gasteiger partial charge is 0.316 e. The standard InChI is InChI=1S/C17H17F2NO2/c1-3-22-16(21)17(2,11-12-7-9-20-10-8-12)15-13(18)5-4-6-14(15)19/h4-10H,3,11H2,1-2H3. The van der Waals surface area contributed by atoms with Crippen molar-refractivity contribution in [2.45, 2.75) is 25.7 Å². The zero-order valence-corrected chi connectivity index (χ0v) is 12.5.